The summed E-state index contributed by atoms with van der Waals surface area (Å²) in [5, 5.41) is 0. The standard InChI is InChI=1S/C9H11BrO2S/c1-11-8-4-7(10)3-6(5-13)9(8)12-2/h3-4,13H,5H2,1-2H3. The largest absolute Gasteiger partial charge is 0.493 e. The van der Waals surface area contributed by atoms with Crippen molar-refractivity contribution in [3.8, 4) is 11.5 Å². The molecular formula is C9H11BrO2S. The number of halogens is 1. The van der Waals surface area contributed by atoms with Gasteiger partial charge in [-0.25, -0.2) is 0 Å². The fourth-order valence-electron chi connectivity index (χ4n) is 1.12. The Morgan fingerprint density at radius 2 is 2.00 bits per heavy atom. The van der Waals surface area contributed by atoms with Gasteiger partial charge in [-0.3, -0.25) is 0 Å². The van der Waals surface area contributed by atoms with Crippen LogP contribution in [0.15, 0.2) is 16.6 Å². The van der Waals surface area contributed by atoms with E-state index in [0.29, 0.717) is 5.75 Å². The predicted octanol–water partition coefficient (Wildman–Crippen LogP) is 2.90. The molecule has 1 rings (SSSR count). The summed E-state index contributed by atoms with van der Waals surface area (Å²) in [5.41, 5.74) is 1.01. The lowest BCUT2D eigenvalue weighted by atomic mass is 10.2. The summed E-state index contributed by atoms with van der Waals surface area (Å²) in [4.78, 5) is 0. The minimum absolute atomic E-state index is 0.624. The van der Waals surface area contributed by atoms with E-state index in [2.05, 4.69) is 28.6 Å². The topological polar surface area (TPSA) is 18.5 Å². The van der Waals surface area contributed by atoms with Gasteiger partial charge in [0, 0.05) is 15.8 Å². The fraction of sp³-hybridized carbons (Fsp3) is 0.333. The van der Waals surface area contributed by atoms with E-state index < -0.39 is 0 Å². The highest BCUT2D eigenvalue weighted by Crippen LogP contribution is 2.35. The van der Waals surface area contributed by atoms with Crippen molar-refractivity contribution < 1.29 is 9.47 Å². The second kappa shape index (κ2) is 4.77. The predicted molar refractivity (Wildman–Crippen MR) is 59.9 cm³/mol. The molecule has 0 atom stereocenters. The molecule has 0 saturated heterocycles. The van der Waals surface area contributed by atoms with Gasteiger partial charge in [0.15, 0.2) is 11.5 Å². The molecule has 72 valence electrons. The van der Waals surface area contributed by atoms with Crippen molar-refractivity contribution >= 4 is 28.6 Å². The first-order chi connectivity index (χ1) is 6.22. The van der Waals surface area contributed by atoms with Crippen molar-refractivity contribution in [3.05, 3.63) is 22.2 Å². The van der Waals surface area contributed by atoms with Crippen LogP contribution in [0.25, 0.3) is 0 Å². The van der Waals surface area contributed by atoms with Gasteiger partial charge in [0.05, 0.1) is 14.2 Å². The van der Waals surface area contributed by atoms with Gasteiger partial charge in [0.1, 0.15) is 0 Å². The quantitative estimate of drug-likeness (QED) is 0.845. The molecule has 1 aromatic carbocycles. The van der Waals surface area contributed by atoms with Crippen molar-refractivity contribution in [2.24, 2.45) is 0 Å². The molecule has 0 aliphatic rings. The van der Waals surface area contributed by atoms with Crippen molar-refractivity contribution in [3.63, 3.8) is 0 Å². The molecule has 13 heavy (non-hydrogen) atoms. The molecule has 0 N–H and O–H groups in total. The number of ether oxygens (including phenoxy) is 2. The molecule has 0 unspecified atom stereocenters. The third-order valence-electron chi connectivity index (χ3n) is 1.69. The molecule has 0 fully saturated rings. The molecule has 0 aliphatic heterocycles. The number of hydrogen-bond acceptors (Lipinski definition) is 3. The van der Waals surface area contributed by atoms with E-state index in [0.717, 1.165) is 21.5 Å². The number of thiol groups is 1. The fourth-order valence-corrected chi connectivity index (χ4v) is 1.84. The first-order valence-electron chi connectivity index (χ1n) is 3.74. The Bertz CT molecular complexity index is 277. The maximum atomic E-state index is 5.22. The van der Waals surface area contributed by atoms with Gasteiger partial charge in [-0.2, -0.15) is 12.6 Å². The lowest BCUT2D eigenvalue weighted by Gasteiger charge is -2.11. The van der Waals surface area contributed by atoms with Crippen LogP contribution in [0.4, 0.5) is 0 Å². The minimum Gasteiger partial charge on any atom is -0.493 e. The average molecular weight is 263 g/mol. The monoisotopic (exact) mass is 262 g/mol. The highest BCUT2D eigenvalue weighted by Gasteiger charge is 2.09. The van der Waals surface area contributed by atoms with Crippen LogP contribution in [0.1, 0.15) is 5.56 Å². The van der Waals surface area contributed by atoms with Gasteiger partial charge in [-0.15, -0.1) is 0 Å². The molecule has 0 radical (unpaired) electrons. The first-order valence-corrected chi connectivity index (χ1v) is 5.16. The number of hydrogen-bond donors (Lipinski definition) is 1. The number of benzene rings is 1. The molecule has 4 heteroatoms. The van der Waals surface area contributed by atoms with Crippen molar-refractivity contribution in [2.45, 2.75) is 5.75 Å². The highest BCUT2D eigenvalue weighted by molar-refractivity contribution is 9.10. The van der Waals surface area contributed by atoms with Crippen LogP contribution >= 0.6 is 28.6 Å². The first kappa shape index (κ1) is 10.7. The van der Waals surface area contributed by atoms with Crippen molar-refractivity contribution in [1.29, 1.82) is 0 Å². The summed E-state index contributed by atoms with van der Waals surface area (Å²) in [6, 6.07) is 3.83. The SMILES string of the molecule is COc1cc(Br)cc(CS)c1OC. The number of rotatable bonds is 3. The van der Waals surface area contributed by atoms with Gasteiger partial charge >= 0.3 is 0 Å². The molecule has 1 aromatic rings. The molecule has 0 bridgehead atoms. The molecule has 0 aliphatic carbocycles. The Labute approximate surface area is 91.8 Å². The van der Waals surface area contributed by atoms with Crippen LogP contribution in [0, 0.1) is 0 Å². The zero-order chi connectivity index (χ0) is 9.84. The van der Waals surface area contributed by atoms with Crippen LogP contribution in [0.2, 0.25) is 0 Å². The average Bonchev–Trinajstić information content (AvgIpc) is 2.16. The highest BCUT2D eigenvalue weighted by atomic mass is 79.9. The Balaban J connectivity index is 3.25. The van der Waals surface area contributed by atoms with E-state index in [-0.39, 0.29) is 0 Å². The molecule has 2 nitrogen and oxygen atoms in total. The summed E-state index contributed by atoms with van der Waals surface area (Å²) >= 11 is 7.60. The lowest BCUT2D eigenvalue weighted by molar-refractivity contribution is 0.352. The third kappa shape index (κ3) is 2.31. The van der Waals surface area contributed by atoms with E-state index in [4.69, 9.17) is 9.47 Å². The van der Waals surface area contributed by atoms with Crippen molar-refractivity contribution in [1.82, 2.24) is 0 Å². The third-order valence-corrected chi connectivity index (χ3v) is 2.49. The minimum atomic E-state index is 0.624. The van der Waals surface area contributed by atoms with Gasteiger partial charge in [0.2, 0.25) is 0 Å². The van der Waals surface area contributed by atoms with E-state index in [1.165, 1.54) is 0 Å². The summed E-state index contributed by atoms with van der Waals surface area (Å²) in [6.07, 6.45) is 0. The molecule has 0 saturated carbocycles. The maximum absolute atomic E-state index is 5.22. The Kier molecular flexibility index (Phi) is 3.93. The summed E-state index contributed by atoms with van der Waals surface area (Å²) < 4.78 is 11.4. The maximum Gasteiger partial charge on any atom is 0.164 e. The second-order valence-corrected chi connectivity index (χ2v) is 3.69. The van der Waals surface area contributed by atoms with Gasteiger partial charge in [0.25, 0.3) is 0 Å². The van der Waals surface area contributed by atoms with Crippen LogP contribution < -0.4 is 9.47 Å². The van der Waals surface area contributed by atoms with E-state index in [9.17, 15) is 0 Å². The van der Waals surface area contributed by atoms with E-state index >= 15 is 0 Å². The molecule has 0 amide bonds. The van der Waals surface area contributed by atoms with E-state index in [1.54, 1.807) is 14.2 Å². The van der Waals surface area contributed by atoms with Gasteiger partial charge in [-0.1, -0.05) is 15.9 Å². The molecule has 0 heterocycles. The lowest BCUT2D eigenvalue weighted by Crippen LogP contribution is -1.94. The van der Waals surface area contributed by atoms with Crippen LogP contribution in [-0.4, -0.2) is 14.2 Å². The Morgan fingerprint density at radius 3 is 2.46 bits per heavy atom. The molecular weight excluding hydrogens is 252 g/mol. The summed E-state index contributed by atoms with van der Waals surface area (Å²) in [6.45, 7) is 0. The van der Waals surface area contributed by atoms with Crippen molar-refractivity contribution in [2.75, 3.05) is 14.2 Å². The van der Waals surface area contributed by atoms with Gasteiger partial charge < -0.3 is 9.47 Å². The normalized spacial score (nSPS) is 9.85. The number of methoxy groups -OCH3 is 2. The molecule has 0 aromatic heterocycles. The zero-order valence-electron chi connectivity index (χ0n) is 7.50. The zero-order valence-corrected chi connectivity index (χ0v) is 9.98. The summed E-state index contributed by atoms with van der Waals surface area (Å²) in [7, 11) is 3.24. The smallest absolute Gasteiger partial charge is 0.164 e. The van der Waals surface area contributed by atoms with E-state index in [1.807, 2.05) is 12.1 Å². The second-order valence-electron chi connectivity index (χ2n) is 2.46. The van der Waals surface area contributed by atoms with Crippen LogP contribution in [0.3, 0.4) is 0 Å². The van der Waals surface area contributed by atoms with Crippen LogP contribution in [0.5, 0.6) is 11.5 Å². The Hall–Kier alpha value is -0.350. The van der Waals surface area contributed by atoms with Gasteiger partial charge in [-0.05, 0) is 12.1 Å². The Morgan fingerprint density at radius 1 is 1.31 bits per heavy atom. The summed E-state index contributed by atoms with van der Waals surface area (Å²) in [5.74, 6) is 2.10. The molecule has 0 spiro atoms. The van der Waals surface area contributed by atoms with Crippen LogP contribution in [-0.2, 0) is 5.75 Å².